The SMILES string of the molecule is C=CC(=O)Nc1cc(Nc2ncc3c(C)cc(=O)n(-c4cccc(N)c4)c3n2)c(OC)cc1N(C)CCN(C)C. The third-order valence-electron chi connectivity index (χ3n) is 6.40. The van der Waals surface area contributed by atoms with Crippen LogP contribution in [0, 0.1) is 6.92 Å². The summed E-state index contributed by atoms with van der Waals surface area (Å²) >= 11 is 0. The Morgan fingerprint density at radius 1 is 1.15 bits per heavy atom. The number of pyridine rings is 1. The number of nitrogens with one attached hydrogen (secondary N) is 2. The topological polar surface area (TPSA) is 131 Å². The lowest BCUT2D eigenvalue weighted by molar-refractivity contribution is -0.111. The molecular weight excluding hydrogens is 508 g/mol. The number of fused-ring (bicyclic) bond motifs is 1. The standard InChI is InChI=1S/C29H34N8O3/c1-7-26(38)32-22-15-23(25(40-6)16-24(22)36(5)12-11-35(3)4)33-29-31-17-21-18(2)13-27(39)37(28(21)34-29)20-10-8-9-19(30)14-20/h7-10,13-17H,1,11-12,30H2,2-6H3,(H,32,38)(H,31,33,34). The summed E-state index contributed by atoms with van der Waals surface area (Å²) in [5, 5.41) is 6.80. The first-order chi connectivity index (χ1) is 19.1. The minimum Gasteiger partial charge on any atom is -0.494 e. The molecule has 11 nitrogen and oxygen atoms in total. The smallest absolute Gasteiger partial charge is 0.257 e. The van der Waals surface area contributed by atoms with Crippen LogP contribution in [0.2, 0.25) is 0 Å². The van der Waals surface area contributed by atoms with Gasteiger partial charge in [0.1, 0.15) is 5.75 Å². The van der Waals surface area contributed by atoms with Gasteiger partial charge in [0, 0.05) is 49.5 Å². The van der Waals surface area contributed by atoms with Gasteiger partial charge in [0.15, 0.2) is 5.65 Å². The number of likely N-dealkylation sites (N-methyl/N-ethyl adjacent to an activating group) is 2. The molecule has 0 saturated carbocycles. The highest BCUT2D eigenvalue weighted by Gasteiger charge is 2.18. The molecule has 0 radical (unpaired) electrons. The zero-order valence-electron chi connectivity index (χ0n) is 23.4. The molecule has 0 saturated heterocycles. The van der Waals surface area contributed by atoms with Gasteiger partial charge in [-0.15, -0.1) is 0 Å². The number of anilines is 5. The fourth-order valence-corrected chi connectivity index (χ4v) is 4.25. The summed E-state index contributed by atoms with van der Waals surface area (Å²) in [6.45, 7) is 6.94. The van der Waals surface area contributed by atoms with Crippen molar-refractivity contribution in [2.24, 2.45) is 0 Å². The van der Waals surface area contributed by atoms with Gasteiger partial charge >= 0.3 is 0 Å². The number of nitrogens with zero attached hydrogens (tertiary/aromatic N) is 5. The molecule has 2 aromatic heterocycles. The third kappa shape index (κ3) is 6.05. The van der Waals surface area contributed by atoms with Crippen molar-refractivity contribution < 1.29 is 9.53 Å². The molecule has 0 aliphatic heterocycles. The Morgan fingerprint density at radius 3 is 2.60 bits per heavy atom. The van der Waals surface area contributed by atoms with Crippen LogP contribution < -0.4 is 31.6 Å². The van der Waals surface area contributed by atoms with Crippen molar-refractivity contribution in [3.8, 4) is 11.4 Å². The van der Waals surface area contributed by atoms with Gasteiger partial charge in [-0.2, -0.15) is 4.98 Å². The molecule has 0 spiro atoms. The maximum Gasteiger partial charge on any atom is 0.257 e. The molecule has 4 aromatic rings. The lowest BCUT2D eigenvalue weighted by atomic mass is 10.2. The molecule has 40 heavy (non-hydrogen) atoms. The van der Waals surface area contributed by atoms with E-state index in [-0.39, 0.29) is 17.4 Å². The molecule has 11 heteroatoms. The van der Waals surface area contributed by atoms with Crippen molar-refractivity contribution in [3.63, 3.8) is 0 Å². The van der Waals surface area contributed by atoms with Crippen LogP contribution in [0.4, 0.5) is 28.7 Å². The summed E-state index contributed by atoms with van der Waals surface area (Å²) in [5.74, 6) is 0.412. The van der Waals surface area contributed by atoms with Crippen LogP contribution in [-0.4, -0.2) is 66.7 Å². The van der Waals surface area contributed by atoms with E-state index in [1.807, 2.05) is 39.0 Å². The van der Waals surface area contributed by atoms with Gasteiger partial charge in [0.05, 0.1) is 29.9 Å². The molecule has 208 valence electrons. The summed E-state index contributed by atoms with van der Waals surface area (Å²) in [5.41, 5.74) is 9.90. The number of hydrogen-bond acceptors (Lipinski definition) is 9. The van der Waals surface area contributed by atoms with Crippen molar-refractivity contribution in [1.29, 1.82) is 0 Å². The molecule has 4 rings (SSSR count). The lowest BCUT2D eigenvalue weighted by Crippen LogP contribution is -2.29. The summed E-state index contributed by atoms with van der Waals surface area (Å²) in [4.78, 5) is 38.7. The highest BCUT2D eigenvalue weighted by Crippen LogP contribution is 2.38. The first-order valence-electron chi connectivity index (χ1n) is 12.6. The quantitative estimate of drug-likeness (QED) is 0.203. The van der Waals surface area contributed by atoms with Crippen LogP contribution >= 0.6 is 0 Å². The molecule has 1 amide bonds. The van der Waals surface area contributed by atoms with E-state index >= 15 is 0 Å². The molecule has 0 aliphatic rings. The van der Waals surface area contributed by atoms with E-state index in [1.165, 1.54) is 10.6 Å². The van der Waals surface area contributed by atoms with E-state index in [0.29, 0.717) is 40.7 Å². The first kappa shape index (κ1) is 28.1. The Balaban J connectivity index is 1.82. The van der Waals surface area contributed by atoms with Gasteiger partial charge in [-0.05, 0) is 56.9 Å². The average Bonchev–Trinajstić information content (AvgIpc) is 2.91. The highest BCUT2D eigenvalue weighted by atomic mass is 16.5. The number of aryl methyl sites for hydroxylation is 1. The predicted molar refractivity (Wildman–Crippen MR) is 161 cm³/mol. The Morgan fingerprint density at radius 2 is 1.93 bits per heavy atom. The van der Waals surface area contributed by atoms with E-state index in [9.17, 15) is 9.59 Å². The van der Waals surface area contributed by atoms with Crippen molar-refractivity contribution in [3.05, 3.63) is 77.2 Å². The number of carbonyl (C=O) groups is 1. The van der Waals surface area contributed by atoms with Crippen LogP contribution in [0.25, 0.3) is 16.7 Å². The zero-order valence-corrected chi connectivity index (χ0v) is 23.4. The van der Waals surface area contributed by atoms with Gasteiger partial charge < -0.3 is 30.9 Å². The van der Waals surface area contributed by atoms with Crippen LogP contribution in [0.15, 0.2) is 66.1 Å². The highest BCUT2D eigenvalue weighted by molar-refractivity contribution is 6.02. The maximum atomic E-state index is 13.1. The number of nitrogens with two attached hydrogens (primary N) is 1. The Hall–Kier alpha value is -4.90. The van der Waals surface area contributed by atoms with E-state index < -0.39 is 0 Å². The number of carbonyl (C=O) groups excluding carboxylic acids is 1. The van der Waals surface area contributed by atoms with Crippen molar-refractivity contribution in [2.45, 2.75) is 6.92 Å². The van der Waals surface area contributed by atoms with E-state index in [2.05, 4.69) is 27.1 Å². The Labute approximate surface area is 232 Å². The van der Waals surface area contributed by atoms with Crippen molar-refractivity contribution >= 4 is 45.6 Å². The molecule has 0 aliphatic carbocycles. The number of aromatic nitrogens is 3. The number of amides is 1. The van der Waals surface area contributed by atoms with Crippen LogP contribution in [0.1, 0.15) is 5.56 Å². The zero-order chi connectivity index (χ0) is 29.0. The van der Waals surface area contributed by atoms with Crippen molar-refractivity contribution in [1.82, 2.24) is 19.4 Å². The minimum atomic E-state index is -0.345. The molecular formula is C29H34N8O3. The number of nitrogen functional groups attached to an aromatic ring is 1. The van der Waals surface area contributed by atoms with Crippen molar-refractivity contribution in [2.75, 3.05) is 62.6 Å². The van der Waals surface area contributed by atoms with Gasteiger partial charge in [-0.25, -0.2) is 4.98 Å². The fraction of sp³-hybridized carbons (Fsp3) is 0.241. The van der Waals surface area contributed by atoms with Gasteiger partial charge in [0.2, 0.25) is 11.9 Å². The van der Waals surface area contributed by atoms with E-state index in [1.54, 1.807) is 49.7 Å². The number of methoxy groups -OCH3 is 1. The molecule has 2 heterocycles. The normalized spacial score (nSPS) is 10.9. The maximum absolute atomic E-state index is 13.1. The summed E-state index contributed by atoms with van der Waals surface area (Å²) in [6.07, 6.45) is 2.88. The minimum absolute atomic E-state index is 0.239. The van der Waals surface area contributed by atoms with Crippen LogP contribution in [-0.2, 0) is 4.79 Å². The number of benzene rings is 2. The summed E-state index contributed by atoms with van der Waals surface area (Å²) in [7, 11) is 7.51. The second kappa shape index (κ2) is 11.9. The van der Waals surface area contributed by atoms with Crippen LogP contribution in [0.5, 0.6) is 5.75 Å². The predicted octanol–water partition coefficient (Wildman–Crippen LogP) is 3.55. The van der Waals surface area contributed by atoms with Gasteiger partial charge in [-0.1, -0.05) is 12.6 Å². The van der Waals surface area contributed by atoms with E-state index in [4.69, 9.17) is 15.5 Å². The third-order valence-corrected chi connectivity index (χ3v) is 6.40. The molecule has 0 unspecified atom stereocenters. The first-order valence-corrected chi connectivity index (χ1v) is 12.6. The summed E-state index contributed by atoms with van der Waals surface area (Å²) in [6, 6.07) is 12.2. The number of hydrogen-bond donors (Lipinski definition) is 3. The van der Waals surface area contributed by atoms with Gasteiger partial charge in [-0.3, -0.25) is 14.2 Å². The number of rotatable bonds is 10. The average molecular weight is 543 g/mol. The lowest BCUT2D eigenvalue weighted by Gasteiger charge is -2.26. The second-order valence-corrected chi connectivity index (χ2v) is 9.64. The largest absolute Gasteiger partial charge is 0.494 e. The molecule has 0 atom stereocenters. The monoisotopic (exact) mass is 542 g/mol. The fourth-order valence-electron chi connectivity index (χ4n) is 4.25. The second-order valence-electron chi connectivity index (χ2n) is 9.64. The van der Waals surface area contributed by atoms with Crippen LogP contribution in [0.3, 0.4) is 0 Å². The summed E-state index contributed by atoms with van der Waals surface area (Å²) < 4.78 is 7.20. The Bertz CT molecular complexity index is 1630. The molecule has 4 N–H and O–H groups in total. The van der Waals surface area contributed by atoms with E-state index in [0.717, 1.165) is 23.2 Å². The number of ether oxygens (including phenoxy) is 1. The molecule has 2 aromatic carbocycles. The molecule has 0 fully saturated rings. The van der Waals surface area contributed by atoms with Gasteiger partial charge in [0.25, 0.3) is 5.56 Å². The Kier molecular flexibility index (Phi) is 8.34. The molecule has 0 bridgehead atoms.